The first-order valence-corrected chi connectivity index (χ1v) is 12.1. The van der Waals surface area contributed by atoms with Crippen molar-refractivity contribution in [3.05, 3.63) is 46.3 Å². The van der Waals surface area contributed by atoms with Crippen LogP contribution in [0.25, 0.3) is 0 Å². The summed E-state index contributed by atoms with van der Waals surface area (Å²) in [5.41, 5.74) is 0.774. The molecule has 1 aliphatic carbocycles. The molecule has 162 valence electrons. The molecule has 1 saturated carbocycles. The maximum Gasteiger partial charge on any atom is 0.248 e. The van der Waals surface area contributed by atoms with E-state index >= 15 is 0 Å². The summed E-state index contributed by atoms with van der Waals surface area (Å²) in [6.07, 6.45) is 3.17. The number of hydrogen-bond donors (Lipinski definition) is 0. The van der Waals surface area contributed by atoms with Crippen LogP contribution in [0.1, 0.15) is 42.7 Å². The van der Waals surface area contributed by atoms with E-state index in [0.29, 0.717) is 42.5 Å². The van der Waals surface area contributed by atoms with E-state index in [9.17, 15) is 13.2 Å². The van der Waals surface area contributed by atoms with Crippen LogP contribution in [0.15, 0.2) is 33.7 Å². The van der Waals surface area contributed by atoms with Gasteiger partial charge in [0.1, 0.15) is 10.6 Å². The average molecular weight is 452 g/mol. The van der Waals surface area contributed by atoms with Gasteiger partial charge in [-0.2, -0.15) is 4.31 Å². The topological polar surface area (TPSA) is 83.7 Å². The van der Waals surface area contributed by atoms with Gasteiger partial charge in [0.15, 0.2) is 5.76 Å². The molecule has 0 bridgehead atoms. The number of benzene rings is 1. The molecule has 2 heterocycles. The van der Waals surface area contributed by atoms with Gasteiger partial charge in [0, 0.05) is 31.2 Å². The molecule has 1 amide bonds. The van der Waals surface area contributed by atoms with Gasteiger partial charge in [-0.15, -0.1) is 0 Å². The van der Waals surface area contributed by atoms with Crippen molar-refractivity contribution in [3.8, 4) is 0 Å². The summed E-state index contributed by atoms with van der Waals surface area (Å²) < 4.78 is 32.8. The van der Waals surface area contributed by atoms with Crippen LogP contribution in [-0.4, -0.2) is 54.9 Å². The van der Waals surface area contributed by atoms with E-state index in [-0.39, 0.29) is 17.3 Å². The molecule has 2 aromatic rings. The number of halogens is 1. The standard InChI is InChI=1S/C21H26ClN3O4S/c1-15-19(16(2)29-23-15)30(27,28)25-11-5-10-24(12-13-25)20(26)21(8-4-9-21)17-6-3-7-18(22)14-17/h3,6-7,14H,4-5,8-13H2,1-2H3. The Hall–Kier alpha value is -1.90. The molecule has 0 atom stereocenters. The van der Waals surface area contributed by atoms with Crippen LogP contribution in [0.3, 0.4) is 0 Å². The van der Waals surface area contributed by atoms with E-state index in [0.717, 1.165) is 24.8 Å². The molecule has 1 saturated heterocycles. The molecular weight excluding hydrogens is 426 g/mol. The van der Waals surface area contributed by atoms with Gasteiger partial charge >= 0.3 is 0 Å². The molecule has 1 aliphatic heterocycles. The largest absolute Gasteiger partial charge is 0.360 e. The van der Waals surface area contributed by atoms with Gasteiger partial charge in [-0.1, -0.05) is 35.3 Å². The Labute approximate surface area is 182 Å². The first kappa shape index (κ1) is 21.3. The lowest BCUT2D eigenvalue weighted by molar-refractivity contribution is -0.140. The third-order valence-corrected chi connectivity index (χ3v) is 8.68. The normalized spacial score (nSPS) is 19.9. The second-order valence-electron chi connectivity index (χ2n) is 8.15. The minimum atomic E-state index is -3.72. The maximum absolute atomic E-state index is 13.5. The van der Waals surface area contributed by atoms with Crippen LogP contribution in [0.2, 0.25) is 5.02 Å². The maximum atomic E-state index is 13.5. The van der Waals surface area contributed by atoms with Crippen LogP contribution >= 0.6 is 11.6 Å². The summed E-state index contributed by atoms with van der Waals surface area (Å²) in [5, 5.41) is 4.40. The highest BCUT2D eigenvalue weighted by Crippen LogP contribution is 2.46. The Morgan fingerprint density at radius 3 is 2.50 bits per heavy atom. The molecule has 4 rings (SSSR count). The fourth-order valence-corrected chi connectivity index (χ4v) is 6.51. The fourth-order valence-electron chi connectivity index (χ4n) is 4.55. The summed E-state index contributed by atoms with van der Waals surface area (Å²) in [5.74, 6) is 0.367. The Balaban J connectivity index is 1.54. The summed E-state index contributed by atoms with van der Waals surface area (Å²) in [6.45, 7) is 4.75. The number of sulfonamides is 1. The first-order valence-electron chi connectivity index (χ1n) is 10.2. The summed E-state index contributed by atoms with van der Waals surface area (Å²) >= 11 is 6.18. The predicted octanol–water partition coefficient (Wildman–Crippen LogP) is 3.29. The predicted molar refractivity (Wildman–Crippen MR) is 113 cm³/mol. The van der Waals surface area contributed by atoms with Crippen LogP contribution in [0, 0.1) is 13.8 Å². The van der Waals surface area contributed by atoms with Crippen molar-refractivity contribution < 1.29 is 17.7 Å². The third-order valence-electron chi connectivity index (χ3n) is 6.30. The van der Waals surface area contributed by atoms with Crippen molar-refractivity contribution >= 4 is 27.5 Å². The zero-order valence-corrected chi connectivity index (χ0v) is 18.8. The number of rotatable bonds is 4. The van der Waals surface area contributed by atoms with E-state index in [1.54, 1.807) is 13.8 Å². The third kappa shape index (κ3) is 3.55. The van der Waals surface area contributed by atoms with Gasteiger partial charge in [-0.25, -0.2) is 8.42 Å². The van der Waals surface area contributed by atoms with Crippen LogP contribution in [-0.2, 0) is 20.2 Å². The van der Waals surface area contributed by atoms with Crippen molar-refractivity contribution in [2.45, 2.75) is 49.8 Å². The molecule has 1 aromatic heterocycles. The van der Waals surface area contributed by atoms with Gasteiger partial charge in [-0.3, -0.25) is 4.79 Å². The Morgan fingerprint density at radius 2 is 1.90 bits per heavy atom. The van der Waals surface area contributed by atoms with Crippen molar-refractivity contribution in [2.24, 2.45) is 0 Å². The lowest BCUT2D eigenvalue weighted by Crippen LogP contribution is -2.52. The highest BCUT2D eigenvalue weighted by Gasteiger charge is 2.48. The summed E-state index contributed by atoms with van der Waals surface area (Å²) in [4.78, 5) is 15.5. The highest BCUT2D eigenvalue weighted by atomic mass is 35.5. The van der Waals surface area contributed by atoms with E-state index in [1.807, 2.05) is 29.2 Å². The number of carbonyl (C=O) groups is 1. The summed E-state index contributed by atoms with van der Waals surface area (Å²) in [6, 6.07) is 7.54. The lowest BCUT2D eigenvalue weighted by atomic mass is 9.63. The number of nitrogens with zero attached hydrogens (tertiary/aromatic N) is 3. The van der Waals surface area contributed by atoms with Crippen molar-refractivity contribution in [2.75, 3.05) is 26.2 Å². The van der Waals surface area contributed by atoms with Gasteiger partial charge < -0.3 is 9.42 Å². The number of aromatic nitrogens is 1. The van der Waals surface area contributed by atoms with Crippen molar-refractivity contribution in [3.63, 3.8) is 0 Å². The Morgan fingerprint density at radius 1 is 1.13 bits per heavy atom. The van der Waals surface area contributed by atoms with Crippen LogP contribution < -0.4 is 0 Å². The molecule has 0 N–H and O–H groups in total. The molecule has 9 heteroatoms. The van der Waals surface area contributed by atoms with Crippen molar-refractivity contribution in [1.82, 2.24) is 14.4 Å². The van der Waals surface area contributed by atoms with Gasteiger partial charge in [-0.05, 0) is 50.8 Å². The summed E-state index contributed by atoms with van der Waals surface area (Å²) in [7, 11) is -3.72. The highest BCUT2D eigenvalue weighted by molar-refractivity contribution is 7.89. The molecular formula is C21H26ClN3O4S. The van der Waals surface area contributed by atoms with Crippen LogP contribution in [0.4, 0.5) is 0 Å². The van der Waals surface area contributed by atoms with Crippen LogP contribution in [0.5, 0.6) is 0 Å². The molecule has 2 aliphatic rings. The molecule has 1 aromatic carbocycles. The average Bonchev–Trinajstić information content (AvgIpc) is 2.87. The van der Waals surface area contributed by atoms with Gasteiger partial charge in [0.2, 0.25) is 15.9 Å². The minimum Gasteiger partial charge on any atom is -0.360 e. The minimum absolute atomic E-state index is 0.0765. The molecule has 30 heavy (non-hydrogen) atoms. The van der Waals surface area contributed by atoms with Gasteiger partial charge in [0.05, 0.1) is 5.41 Å². The van der Waals surface area contributed by atoms with E-state index in [4.69, 9.17) is 16.1 Å². The number of hydrogen-bond acceptors (Lipinski definition) is 5. The lowest BCUT2D eigenvalue weighted by Gasteiger charge is -2.44. The van der Waals surface area contributed by atoms with Crippen molar-refractivity contribution in [1.29, 1.82) is 0 Å². The molecule has 0 spiro atoms. The molecule has 0 radical (unpaired) electrons. The molecule has 2 fully saturated rings. The first-order chi connectivity index (χ1) is 14.3. The van der Waals surface area contributed by atoms with Gasteiger partial charge in [0.25, 0.3) is 0 Å². The second kappa shape index (κ2) is 7.98. The SMILES string of the molecule is Cc1noc(C)c1S(=O)(=O)N1CCCN(C(=O)C2(c3cccc(Cl)c3)CCC2)CC1. The number of carbonyl (C=O) groups excluding carboxylic acids is 1. The Kier molecular flexibility index (Phi) is 5.67. The number of amides is 1. The quantitative estimate of drug-likeness (QED) is 0.712. The zero-order chi connectivity index (χ0) is 21.5. The van der Waals surface area contributed by atoms with E-state index < -0.39 is 15.4 Å². The second-order valence-corrected chi connectivity index (χ2v) is 10.5. The molecule has 0 unspecified atom stereocenters. The Bertz CT molecular complexity index is 1040. The van der Waals surface area contributed by atoms with E-state index in [2.05, 4.69) is 5.16 Å². The monoisotopic (exact) mass is 451 g/mol. The number of aryl methyl sites for hydroxylation is 2. The fraction of sp³-hybridized carbons (Fsp3) is 0.524. The van der Waals surface area contributed by atoms with E-state index in [1.165, 1.54) is 4.31 Å². The molecule has 7 nitrogen and oxygen atoms in total. The smallest absolute Gasteiger partial charge is 0.248 e. The zero-order valence-electron chi connectivity index (χ0n) is 17.2.